The van der Waals surface area contributed by atoms with Gasteiger partial charge in [-0.2, -0.15) is 0 Å². The number of hydrogen-bond acceptors (Lipinski definition) is 6. The summed E-state index contributed by atoms with van der Waals surface area (Å²) in [5.41, 5.74) is 2.90. The van der Waals surface area contributed by atoms with Crippen molar-refractivity contribution in [3.05, 3.63) is 82.3 Å². The summed E-state index contributed by atoms with van der Waals surface area (Å²) in [6, 6.07) is 17.6. The van der Waals surface area contributed by atoms with Crippen LogP contribution in [0.4, 0.5) is 5.69 Å². The molecule has 1 saturated heterocycles. The second kappa shape index (κ2) is 9.67. The van der Waals surface area contributed by atoms with Crippen molar-refractivity contribution in [2.45, 2.75) is 25.4 Å². The summed E-state index contributed by atoms with van der Waals surface area (Å²) in [7, 11) is 1.75. The molecule has 2 N–H and O–H groups in total. The third-order valence-electron chi connectivity index (χ3n) is 6.37. The summed E-state index contributed by atoms with van der Waals surface area (Å²) in [6.07, 6.45) is 5.56. The van der Waals surface area contributed by atoms with E-state index in [1.807, 2.05) is 36.4 Å². The molecular formula is C27H27N3O4. The van der Waals surface area contributed by atoms with Gasteiger partial charge in [-0.05, 0) is 61.3 Å². The van der Waals surface area contributed by atoms with Crippen LogP contribution < -0.4 is 5.56 Å². The second-order valence-corrected chi connectivity index (χ2v) is 8.60. The Morgan fingerprint density at radius 1 is 1.21 bits per heavy atom. The Labute approximate surface area is 197 Å². The largest absolute Gasteiger partial charge is 0.494 e. The van der Waals surface area contributed by atoms with E-state index in [1.165, 1.54) is 18.4 Å². The van der Waals surface area contributed by atoms with E-state index in [9.17, 15) is 9.90 Å². The number of H-pyrrole nitrogens is 1. The summed E-state index contributed by atoms with van der Waals surface area (Å²) in [5, 5.41) is 11.6. The summed E-state index contributed by atoms with van der Waals surface area (Å²) in [4.78, 5) is 21.9. The molecule has 1 aliphatic heterocycles. The summed E-state index contributed by atoms with van der Waals surface area (Å²) in [5.74, 6) is 0.471. The van der Waals surface area contributed by atoms with E-state index in [4.69, 9.17) is 9.15 Å². The van der Waals surface area contributed by atoms with Gasteiger partial charge < -0.3 is 14.3 Å². The van der Waals surface area contributed by atoms with E-state index in [1.54, 1.807) is 25.7 Å². The molecule has 3 heterocycles. The maximum absolute atomic E-state index is 12.4. The van der Waals surface area contributed by atoms with Gasteiger partial charge in [0.25, 0.3) is 5.56 Å². The number of pyridine rings is 1. The summed E-state index contributed by atoms with van der Waals surface area (Å²) < 4.78 is 10.8. The fourth-order valence-corrected chi connectivity index (χ4v) is 4.61. The molecule has 7 nitrogen and oxygen atoms in total. The van der Waals surface area contributed by atoms with Crippen LogP contribution >= 0.6 is 0 Å². The highest BCUT2D eigenvalue weighted by Crippen LogP contribution is 2.28. The predicted molar refractivity (Wildman–Crippen MR) is 133 cm³/mol. The van der Waals surface area contributed by atoms with Gasteiger partial charge in [-0.3, -0.25) is 19.7 Å². The number of ether oxygens (including phenoxy) is 1. The number of nitrogens with one attached hydrogen (secondary N) is 1. The smallest absolute Gasteiger partial charge is 0.258 e. The first-order valence-electron chi connectivity index (χ1n) is 11.4. The number of hydrogen-bond donors (Lipinski definition) is 2. The van der Waals surface area contributed by atoms with Crippen LogP contribution in [0.5, 0.6) is 5.88 Å². The number of aromatic hydroxyl groups is 1. The number of aliphatic imine (C=N–C) groups is 1. The van der Waals surface area contributed by atoms with E-state index in [-0.39, 0.29) is 11.4 Å². The molecule has 0 unspecified atom stereocenters. The zero-order valence-electron chi connectivity index (χ0n) is 19.0. The highest BCUT2D eigenvalue weighted by molar-refractivity contribution is 6.03. The third-order valence-corrected chi connectivity index (χ3v) is 6.37. The number of fused-ring (bicyclic) bond motifs is 1. The minimum atomic E-state index is -0.353. The molecule has 0 aliphatic carbocycles. The molecule has 7 heteroatoms. The molecule has 174 valence electrons. The standard InChI is InChI=1S/C27H27N3O4/c1-33-17-21-4-2-12-30(21)16-18-6-9-20(10-7-18)28-15-24-23-14-19(25-5-3-13-34-25)8-11-22(23)26(31)29-27(24)32/h3,5-11,13-15,21H,2,4,12,16-17H2,1H3,(H2,29,31,32)/t21-/m0/s1. The zero-order chi connectivity index (χ0) is 23.5. The first-order chi connectivity index (χ1) is 16.6. The van der Waals surface area contributed by atoms with Crippen LogP contribution in [0.15, 0.2) is 75.1 Å². The Balaban J connectivity index is 1.40. The molecule has 2 aromatic carbocycles. The lowest BCUT2D eigenvalue weighted by atomic mass is 10.0. The Morgan fingerprint density at radius 3 is 2.82 bits per heavy atom. The van der Waals surface area contributed by atoms with Crippen LogP contribution in [0.3, 0.4) is 0 Å². The summed E-state index contributed by atoms with van der Waals surface area (Å²) in [6.45, 7) is 2.74. The number of aromatic nitrogens is 1. The van der Waals surface area contributed by atoms with E-state index in [0.29, 0.717) is 28.1 Å². The second-order valence-electron chi connectivity index (χ2n) is 8.60. The van der Waals surface area contributed by atoms with Gasteiger partial charge >= 0.3 is 0 Å². The lowest BCUT2D eigenvalue weighted by Crippen LogP contribution is -2.32. The quantitative estimate of drug-likeness (QED) is 0.387. The van der Waals surface area contributed by atoms with Crippen LogP contribution in [-0.4, -0.2) is 47.5 Å². The average Bonchev–Trinajstić information content (AvgIpc) is 3.53. The van der Waals surface area contributed by atoms with Crippen molar-refractivity contribution in [3.8, 4) is 17.2 Å². The lowest BCUT2D eigenvalue weighted by molar-refractivity contribution is 0.112. The van der Waals surface area contributed by atoms with Crippen LogP contribution in [0.1, 0.15) is 24.0 Å². The molecule has 0 saturated carbocycles. The average molecular weight is 458 g/mol. The SMILES string of the molecule is COC[C@@H]1CCCN1Cc1ccc(N=Cc2c(O)[nH]c(=O)c3ccc(-c4ccco4)cc23)cc1. The predicted octanol–water partition coefficient (Wildman–Crippen LogP) is 4.86. The van der Waals surface area contributed by atoms with Gasteiger partial charge in [0.1, 0.15) is 5.76 Å². The van der Waals surface area contributed by atoms with Crippen molar-refractivity contribution in [1.82, 2.24) is 9.88 Å². The lowest BCUT2D eigenvalue weighted by Gasteiger charge is -2.23. The van der Waals surface area contributed by atoms with Crippen molar-refractivity contribution in [1.29, 1.82) is 0 Å². The molecule has 2 aromatic heterocycles. The zero-order valence-corrected chi connectivity index (χ0v) is 19.0. The van der Waals surface area contributed by atoms with Crippen molar-refractivity contribution < 1.29 is 14.3 Å². The van der Waals surface area contributed by atoms with Crippen LogP contribution in [0.2, 0.25) is 0 Å². The number of furan rings is 1. The number of likely N-dealkylation sites (tertiary alicyclic amines) is 1. The fraction of sp³-hybridized carbons (Fsp3) is 0.259. The first kappa shape index (κ1) is 22.1. The monoisotopic (exact) mass is 457 g/mol. The topological polar surface area (TPSA) is 91.1 Å². The number of aromatic amines is 1. The molecule has 0 bridgehead atoms. The van der Waals surface area contributed by atoms with Gasteiger partial charge in [0.2, 0.25) is 5.88 Å². The van der Waals surface area contributed by atoms with E-state index >= 15 is 0 Å². The number of nitrogens with zero attached hydrogens (tertiary/aromatic N) is 2. The molecule has 0 spiro atoms. The van der Waals surface area contributed by atoms with Gasteiger partial charge in [0.05, 0.1) is 24.1 Å². The maximum atomic E-state index is 12.4. The molecular weight excluding hydrogens is 430 g/mol. The molecule has 1 fully saturated rings. The van der Waals surface area contributed by atoms with Crippen molar-refractivity contribution >= 4 is 22.7 Å². The molecule has 4 aromatic rings. The molecule has 0 amide bonds. The van der Waals surface area contributed by atoms with Crippen LogP contribution in [0.25, 0.3) is 22.1 Å². The van der Waals surface area contributed by atoms with Crippen molar-refractivity contribution in [2.24, 2.45) is 4.99 Å². The maximum Gasteiger partial charge on any atom is 0.258 e. The normalized spacial score (nSPS) is 16.7. The number of methoxy groups -OCH3 is 1. The Kier molecular flexibility index (Phi) is 6.29. The Morgan fingerprint density at radius 2 is 2.06 bits per heavy atom. The molecule has 34 heavy (non-hydrogen) atoms. The van der Waals surface area contributed by atoms with Gasteiger partial charge in [0, 0.05) is 42.2 Å². The van der Waals surface area contributed by atoms with E-state index in [2.05, 4.69) is 27.0 Å². The van der Waals surface area contributed by atoms with Gasteiger partial charge in [0.15, 0.2) is 0 Å². The van der Waals surface area contributed by atoms with Crippen LogP contribution in [0, 0.1) is 0 Å². The fourth-order valence-electron chi connectivity index (χ4n) is 4.61. The molecule has 1 atom stereocenters. The van der Waals surface area contributed by atoms with Gasteiger partial charge in [-0.1, -0.05) is 18.2 Å². The minimum Gasteiger partial charge on any atom is -0.494 e. The van der Waals surface area contributed by atoms with Crippen molar-refractivity contribution in [2.75, 3.05) is 20.3 Å². The first-order valence-corrected chi connectivity index (χ1v) is 11.4. The molecule has 5 rings (SSSR count). The highest BCUT2D eigenvalue weighted by atomic mass is 16.5. The Hall–Kier alpha value is -3.68. The van der Waals surface area contributed by atoms with Crippen LogP contribution in [-0.2, 0) is 11.3 Å². The van der Waals surface area contributed by atoms with E-state index < -0.39 is 0 Å². The summed E-state index contributed by atoms with van der Waals surface area (Å²) >= 11 is 0. The third kappa shape index (κ3) is 4.53. The van der Waals surface area contributed by atoms with Gasteiger partial charge in [-0.25, -0.2) is 0 Å². The Bertz CT molecular complexity index is 1360. The molecule has 0 radical (unpaired) electrons. The minimum absolute atomic E-state index is 0.215. The number of rotatable bonds is 7. The van der Waals surface area contributed by atoms with E-state index in [0.717, 1.165) is 30.9 Å². The number of benzene rings is 2. The van der Waals surface area contributed by atoms with Crippen molar-refractivity contribution in [3.63, 3.8) is 0 Å². The molecule has 1 aliphatic rings. The highest BCUT2D eigenvalue weighted by Gasteiger charge is 2.24. The van der Waals surface area contributed by atoms with Gasteiger partial charge in [-0.15, -0.1) is 0 Å².